The Hall–Kier alpha value is -2.56. The van der Waals surface area contributed by atoms with Gasteiger partial charge in [-0.15, -0.1) is 0 Å². The number of aromatic nitrogens is 1. The smallest absolute Gasteiger partial charge is 0.407 e. The van der Waals surface area contributed by atoms with Gasteiger partial charge in [0.2, 0.25) is 5.56 Å². The highest BCUT2D eigenvalue weighted by atomic mass is 16.5. The van der Waals surface area contributed by atoms with E-state index in [2.05, 4.69) is 10.3 Å². The van der Waals surface area contributed by atoms with Crippen LogP contribution in [0.15, 0.2) is 53.5 Å². The summed E-state index contributed by atoms with van der Waals surface area (Å²) in [4.78, 5) is 25.2. The summed E-state index contributed by atoms with van der Waals surface area (Å²) in [6.45, 7) is 2.04. The van der Waals surface area contributed by atoms with Gasteiger partial charge in [0.05, 0.1) is 6.04 Å². The van der Waals surface area contributed by atoms with Gasteiger partial charge in [0, 0.05) is 12.3 Å². The van der Waals surface area contributed by atoms with Gasteiger partial charge in [0.25, 0.3) is 0 Å². The lowest BCUT2D eigenvalue weighted by Gasteiger charge is -2.14. The molecule has 0 saturated heterocycles. The molecule has 20 heavy (non-hydrogen) atoms. The highest BCUT2D eigenvalue weighted by molar-refractivity contribution is 5.67. The zero-order chi connectivity index (χ0) is 14.4. The van der Waals surface area contributed by atoms with Gasteiger partial charge in [-0.25, -0.2) is 4.79 Å². The fourth-order valence-corrected chi connectivity index (χ4v) is 1.72. The van der Waals surface area contributed by atoms with Crippen molar-refractivity contribution in [3.05, 3.63) is 70.1 Å². The number of H-pyrrole nitrogens is 1. The Kier molecular flexibility index (Phi) is 4.55. The van der Waals surface area contributed by atoms with Crippen molar-refractivity contribution in [2.45, 2.75) is 19.6 Å². The van der Waals surface area contributed by atoms with Crippen LogP contribution in [0.25, 0.3) is 0 Å². The van der Waals surface area contributed by atoms with Crippen LogP contribution in [0.1, 0.15) is 24.1 Å². The number of pyridine rings is 1. The van der Waals surface area contributed by atoms with Crippen molar-refractivity contribution in [1.29, 1.82) is 0 Å². The minimum Gasteiger partial charge on any atom is -0.445 e. The first kappa shape index (κ1) is 13.9. The second-order valence-electron chi connectivity index (χ2n) is 4.41. The standard InChI is InChI=1S/C15H16N2O3/c1-11(13-7-8-14(18)16-9-13)17-15(19)20-10-12-5-3-2-4-6-12/h2-9,11H,10H2,1H3,(H,16,18)(H,17,19)/t11-/m0/s1. The first-order valence-electron chi connectivity index (χ1n) is 6.31. The van der Waals surface area contributed by atoms with E-state index >= 15 is 0 Å². The average Bonchev–Trinajstić information content (AvgIpc) is 2.47. The molecule has 1 heterocycles. The number of hydrogen-bond acceptors (Lipinski definition) is 3. The fraction of sp³-hybridized carbons (Fsp3) is 0.200. The van der Waals surface area contributed by atoms with E-state index in [1.54, 1.807) is 12.3 Å². The minimum atomic E-state index is -0.493. The molecule has 0 aliphatic heterocycles. The molecular formula is C15H16N2O3. The summed E-state index contributed by atoms with van der Waals surface area (Å²) in [5.41, 5.74) is 1.56. The highest BCUT2D eigenvalue weighted by Gasteiger charge is 2.10. The van der Waals surface area contributed by atoms with E-state index in [1.807, 2.05) is 37.3 Å². The van der Waals surface area contributed by atoms with E-state index in [0.717, 1.165) is 11.1 Å². The van der Waals surface area contributed by atoms with Crippen molar-refractivity contribution in [3.8, 4) is 0 Å². The van der Waals surface area contributed by atoms with Crippen molar-refractivity contribution >= 4 is 6.09 Å². The molecule has 2 rings (SSSR count). The van der Waals surface area contributed by atoms with Gasteiger partial charge in [0.15, 0.2) is 0 Å². The predicted molar refractivity (Wildman–Crippen MR) is 75.2 cm³/mol. The minimum absolute atomic E-state index is 0.174. The quantitative estimate of drug-likeness (QED) is 0.897. The number of alkyl carbamates (subject to hydrolysis) is 1. The summed E-state index contributed by atoms with van der Waals surface area (Å²) >= 11 is 0. The molecule has 5 heteroatoms. The molecule has 2 N–H and O–H groups in total. The number of amides is 1. The summed E-state index contributed by atoms with van der Waals surface area (Å²) in [6, 6.07) is 12.3. The predicted octanol–water partition coefficient (Wildman–Crippen LogP) is 2.36. The molecule has 0 aliphatic carbocycles. The Morgan fingerprint density at radius 3 is 2.65 bits per heavy atom. The Morgan fingerprint density at radius 1 is 1.25 bits per heavy atom. The first-order valence-corrected chi connectivity index (χ1v) is 6.31. The molecule has 2 aromatic rings. The van der Waals surface area contributed by atoms with Gasteiger partial charge in [-0.3, -0.25) is 4.79 Å². The van der Waals surface area contributed by atoms with E-state index in [9.17, 15) is 9.59 Å². The molecule has 0 aliphatic rings. The molecule has 0 spiro atoms. The molecule has 1 aromatic carbocycles. The van der Waals surface area contributed by atoms with Gasteiger partial charge >= 0.3 is 6.09 Å². The molecule has 0 saturated carbocycles. The maximum Gasteiger partial charge on any atom is 0.407 e. The van der Waals surface area contributed by atoms with Crippen LogP contribution in [-0.4, -0.2) is 11.1 Å². The van der Waals surface area contributed by atoms with Gasteiger partial charge in [0.1, 0.15) is 6.61 Å². The Balaban J connectivity index is 1.85. The Morgan fingerprint density at radius 2 is 2.00 bits per heavy atom. The van der Waals surface area contributed by atoms with Crippen molar-refractivity contribution in [2.75, 3.05) is 0 Å². The molecular weight excluding hydrogens is 256 g/mol. The van der Waals surface area contributed by atoms with Crippen molar-refractivity contribution in [1.82, 2.24) is 10.3 Å². The number of benzene rings is 1. The van der Waals surface area contributed by atoms with E-state index in [1.165, 1.54) is 6.07 Å². The van der Waals surface area contributed by atoms with Crippen LogP contribution < -0.4 is 10.9 Å². The Bertz CT molecular complexity index is 602. The number of aromatic amines is 1. The number of hydrogen-bond donors (Lipinski definition) is 2. The summed E-state index contributed by atoms with van der Waals surface area (Å²) < 4.78 is 5.12. The number of nitrogens with one attached hydrogen (secondary N) is 2. The van der Waals surface area contributed by atoms with E-state index in [0.29, 0.717) is 0 Å². The fourth-order valence-electron chi connectivity index (χ4n) is 1.72. The molecule has 5 nitrogen and oxygen atoms in total. The zero-order valence-electron chi connectivity index (χ0n) is 11.1. The van der Waals surface area contributed by atoms with Crippen LogP contribution in [0.2, 0.25) is 0 Å². The number of ether oxygens (including phenoxy) is 1. The highest BCUT2D eigenvalue weighted by Crippen LogP contribution is 2.09. The molecule has 104 valence electrons. The van der Waals surface area contributed by atoms with E-state index < -0.39 is 6.09 Å². The summed E-state index contributed by atoms with van der Waals surface area (Å²) in [6.07, 6.45) is 1.08. The molecule has 0 bridgehead atoms. The molecule has 0 fully saturated rings. The van der Waals surface area contributed by atoms with Crippen LogP contribution in [-0.2, 0) is 11.3 Å². The average molecular weight is 272 g/mol. The third-order valence-electron chi connectivity index (χ3n) is 2.86. The molecule has 0 unspecified atom stereocenters. The second-order valence-corrected chi connectivity index (χ2v) is 4.41. The van der Waals surface area contributed by atoms with Crippen LogP contribution in [0.4, 0.5) is 4.79 Å². The third-order valence-corrected chi connectivity index (χ3v) is 2.86. The van der Waals surface area contributed by atoms with Crippen LogP contribution in [0.3, 0.4) is 0 Å². The normalized spacial score (nSPS) is 11.7. The van der Waals surface area contributed by atoms with E-state index in [-0.39, 0.29) is 18.2 Å². The summed E-state index contributed by atoms with van der Waals surface area (Å²) in [7, 11) is 0. The molecule has 1 atom stereocenters. The lowest BCUT2D eigenvalue weighted by Crippen LogP contribution is -2.27. The van der Waals surface area contributed by atoms with E-state index in [4.69, 9.17) is 4.74 Å². The maximum atomic E-state index is 11.7. The largest absolute Gasteiger partial charge is 0.445 e. The number of carbonyl (C=O) groups excluding carboxylic acids is 1. The van der Waals surface area contributed by atoms with Crippen LogP contribution in [0, 0.1) is 0 Å². The van der Waals surface area contributed by atoms with Crippen molar-refractivity contribution in [3.63, 3.8) is 0 Å². The molecule has 1 amide bonds. The summed E-state index contributed by atoms with van der Waals surface area (Å²) in [5, 5.41) is 2.70. The molecule has 0 radical (unpaired) electrons. The maximum absolute atomic E-state index is 11.7. The van der Waals surface area contributed by atoms with Crippen LogP contribution in [0.5, 0.6) is 0 Å². The van der Waals surface area contributed by atoms with Crippen LogP contribution >= 0.6 is 0 Å². The molecule has 1 aromatic heterocycles. The van der Waals surface area contributed by atoms with Gasteiger partial charge in [-0.2, -0.15) is 0 Å². The van der Waals surface area contributed by atoms with Crippen molar-refractivity contribution in [2.24, 2.45) is 0 Å². The first-order chi connectivity index (χ1) is 9.65. The Labute approximate surface area is 116 Å². The zero-order valence-corrected chi connectivity index (χ0v) is 11.1. The lowest BCUT2D eigenvalue weighted by atomic mass is 10.1. The van der Waals surface area contributed by atoms with Crippen molar-refractivity contribution < 1.29 is 9.53 Å². The summed E-state index contributed by atoms with van der Waals surface area (Å²) in [5.74, 6) is 0. The van der Waals surface area contributed by atoms with Gasteiger partial charge in [-0.1, -0.05) is 36.4 Å². The third kappa shape index (κ3) is 3.98. The van der Waals surface area contributed by atoms with Gasteiger partial charge in [-0.05, 0) is 18.1 Å². The number of rotatable bonds is 4. The lowest BCUT2D eigenvalue weighted by molar-refractivity contribution is 0.136. The topological polar surface area (TPSA) is 71.2 Å². The monoisotopic (exact) mass is 272 g/mol. The second kappa shape index (κ2) is 6.56. The van der Waals surface area contributed by atoms with Gasteiger partial charge < -0.3 is 15.0 Å². The number of carbonyl (C=O) groups is 1. The SMILES string of the molecule is C[C@H](NC(=O)OCc1ccccc1)c1ccc(=O)[nH]c1.